The average molecular weight is 382 g/mol. The number of fused-ring (bicyclic) bond motifs is 1. The van der Waals surface area contributed by atoms with Crippen molar-refractivity contribution in [3.05, 3.63) is 90.4 Å². The number of amides is 2. The van der Waals surface area contributed by atoms with Gasteiger partial charge in [0.05, 0.1) is 5.52 Å². The molecule has 0 bridgehead atoms. The molecule has 0 aliphatic rings. The lowest BCUT2D eigenvalue weighted by molar-refractivity contribution is 0.252. The van der Waals surface area contributed by atoms with Gasteiger partial charge in [-0.2, -0.15) is 0 Å². The largest absolute Gasteiger partial charge is 0.338 e. The molecule has 5 nitrogen and oxygen atoms in total. The Labute approximate surface area is 169 Å². The molecule has 144 valence electrons. The highest BCUT2D eigenvalue weighted by molar-refractivity contribution is 5.89. The molecule has 0 saturated carbocycles. The fraction of sp³-hybridized carbons (Fsp3) is 0.125. The molecule has 2 aromatic carbocycles. The third-order valence-corrected chi connectivity index (χ3v) is 4.72. The van der Waals surface area contributed by atoms with Crippen molar-refractivity contribution in [3.63, 3.8) is 0 Å². The predicted molar refractivity (Wildman–Crippen MR) is 117 cm³/mol. The molecular weight excluding hydrogens is 360 g/mol. The molecule has 0 atom stereocenters. The van der Waals surface area contributed by atoms with E-state index in [1.165, 1.54) is 0 Å². The SMILES string of the molecule is Cc1cc(-c2ccc(NC(=O)NCCc3cnc4ccccc4c3)cc2)ccn1. The smallest absolute Gasteiger partial charge is 0.319 e. The highest BCUT2D eigenvalue weighted by Gasteiger charge is 2.04. The summed E-state index contributed by atoms with van der Waals surface area (Å²) in [6.45, 7) is 2.51. The van der Waals surface area contributed by atoms with Crippen LogP contribution >= 0.6 is 0 Å². The van der Waals surface area contributed by atoms with E-state index in [-0.39, 0.29) is 6.03 Å². The lowest BCUT2D eigenvalue weighted by Gasteiger charge is -2.09. The first-order valence-corrected chi connectivity index (χ1v) is 9.59. The van der Waals surface area contributed by atoms with E-state index < -0.39 is 0 Å². The fourth-order valence-electron chi connectivity index (χ4n) is 3.22. The van der Waals surface area contributed by atoms with Crippen LogP contribution in [0, 0.1) is 6.92 Å². The van der Waals surface area contributed by atoms with E-state index in [0.717, 1.165) is 45.4 Å². The number of nitrogens with zero attached hydrogens (tertiary/aromatic N) is 2. The predicted octanol–water partition coefficient (Wildman–Crippen LogP) is 4.97. The summed E-state index contributed by atoms with van der Waals surface area (Å²) in [6.07, 6.45) is 4.39. The highest BCUT2D eigenvalue weighted by Crippen LogP contribution is 2.21. The lowest BCUT2D eigenvalue weighted by Crippen LogP contribution is -2.30. The second-order valence-corrected chi connectivity index (χ2v) is 6.93. The maximum atomic E-state index is 12.2. The van der Waals surface area contributed by atoms with Crippen molar-refractivity contribution in [2.75, 3.05) is 11.9 Å². The van der Waals surface area contributed by atoms with Crippen LogP contribution in [0.25, 0.3) is 22.0 Å². The Balaban J connectivity index is 1.30. The minimum Gasteiger partial charge on any atom is -0.338 e. The topological polar surface area (TPSA) is 66.9 Å². The van der Waals surface area contributed by atoms with Crippen LogP contribution in [0.5, 0.6) is 0 Å². The van der Waals surface area contributed by atoms with Crippen LogP contribution in [0.3, 0.4) is 0 Å². The number of hydrogen-bond donors (Lipinski definition) is 2. The van der Waals surface area contributed by atoms with Gasteiger partial charge in [-0.25, -0.2) is 4.79 Å². The molecule has 0 fully saturated rings. The van der Waals surface area contributed by atoms with Gasteiger partial charge in [0.1, 0.15) is 0 Å². The number of para-hydroxylation sites is 1. The number of carbonyl (C=O) groups is 1. The Morgan fingerprint density at radius 3 is 2.59 bits per heavy atom. The molecule has 4 rings (SSSR count). The number of pyridine rings is 2. The molecule has 2 amide bonds. The monoisotopic (exact) mass is 382 g/mol. The lowest BCUT2D eigenvalue weighted by atomic mass is 10.1. The molecule has 4 aromatic rings. The molecule has 0 radical (unpaired) electrons. The first-order chi connectivity index (χ1) is 14.2. The number of nitrogens with one attached hydrogen (secondary N) is 2. The number of carbonyl (C=O) groups excluding carboxylic acids is 1. The Hall–Kier alpha value is -3.73. The Morgan fingerprint density at radius 1 is 0.931 bits per heavy atom. The molecule has 5 heteroatoms. The third-order valence-electron chi connectivity index (χ3n) is 4.72. The van der Waals surface area contributed by atoms with Crippen LogP contribution in [-0.2, 0) is 6.42 Å². The summed E-state index contributed by atoms with van der Waals surface area (Å²) < 4.78 is 0. The third kappa shape index (κ3) is 4.76. The normalized spacial score (nSPS) is 10.7. The summed E-state index contributed by atoms with van der Waals surface area (Å²) in [4.78, 5) is 20.8. The fourth-order valence-corrected chi connectivity index (χ4v) is 3.22. The van der Waals surface area contributed by atoms with E-state index in [4.69, 9.17) is 0 Å². The quantitative estimate of drug-likeness (QED) is 0.512. The molecule has 0 aliphatic heterocycles. The van der Waals surface area contributed by atoms with Crippen molar-refractivity contribution < 1.29 is 4.79 Å². The summed E-state index contributed by atoms with van der Waals surface area (Å²) in [6, 6.07) is 21.7. The Bertz CT molecular complexity index is 1140. The molecule has 0 spiro atoms. The van der Waals surface area contributed by atoms with Gasteiger partial charge in [0.15, 0.2) is 0 Å². The molecule has 29 heavy (non-hydrogen) atoms. The van der Waals surface area contributed by atoms with Crippen LogP contribution in [0.4, 0.5) is 10.5 Å². The van der Waals surface area contributed by atoms with Crippen molar-refractivity contribution in [3.8, 4) is 11.1 Å². The Morgan fingerprint density at radius 2 is 1.76 bits per heavy atom. The maximum absolute atomic E-state index is 12.2. The molecule has 2 aromatic heterocycles. The maximum Gasteiger partial charge on any atom is 0.319 e. The minimum atomic E-state index is -0.216. The second kappa shape index (κ2) is 8.52. The van der Waals surface area contributed by atoms with Gasteiger partial charge in [0.25, 0.3) is 0 Å². The van der Waals surface area contributed by atoms with Crippen LogP contribution in [0.2, 0.25) is 0 Å². The van der Waals surface area contributed by atoms with E-state index in [1.807, 2.05) is 73.8 Å². The second-order valence-electron chi connectivity index (χ2n) is 6.93. The zero-order chi connectivity index (χ0) is 20.1. The van der Waals surface area contributed by atoms with Gasteiger partial charge < -0.3 is 10.6 Å². The molecule has 2 N–H and O–H groups in total. The molecule has 2 heterocycles. The highest BCUT2D eigenvalue weighted by atomic mass is 16.2. The Kier molecular flexibility index (Phi) is 5.47. The number of rotatable bonds is 5. The zero-order valence-electron chi connectivity index (χ0n) is 16.2. The minimum absolute atomic E-state index is 0.216. The van der Waals surface area contributed by atoms with Crippen LogP contribution < -0.4 is 10.6 Å². The molecular formula is C24H22N4O. The van der Waals surface area contributed by atoms with Crippen LogP contribution in [0.1, 0.15) is 11.3 Å². The van der Waals surface area contributed by atoms with E-state index in [9.17, 15) is 4.79 Å². The van der Waals surface area contributed by atoms with E-state index >= 15 is 0 Å². The summed E-state index contributed by atoms with van der Waals surface area (Å²) in [5.74, 6) is 0. The van der Waals surface area contributed by atoms with Crippen LogP contribution in [0.15, 0.2) is 79.1 Å². The molecule has 0 aliphatic carbocycles. The number of hydrogen-bond acceptors (Lipinski definition) is 3. The molecule has 0 unspecified atom stereocenters. The van der Waals surface area contributed by atoms with Gasteiger partial charge in [-0.15, -0.1) is 0 Å². The van der Waals surface area contributed by atoms with Crippen LogP contribution in [-0.4, -0.2) is 22.5 Å². The van der Waals surface area contributed by atoms with Gasteiger partial charge in [-0.3, -0.25) is 9.97 Å². The summed E-state index contributed by atoms with van der Waals surface area (Å²) in [5, 5.41) is 6.88. The summed E-state index contributed by atoms with van der Waals surface area (Å²) >= 11 is 0. The van der Waals surface area contributed by atoms with E-state index in [0.29, 0.717) is 6.54 Å². The van der Waals surface area contributed by atoms with Gasteiger partial charge in [0.2, 0.25) is 0 Å². The summed E-state index contributed by atoms with van der Waals surface area (Å²) in [5.41, 5.74) is 6.01. The molecule has 0 saturated heterocycles. The van der Waals surface area contributed by atoms with Crippen molar-refractivity contribution in [2.45, 2.75) is 13.3 Å². The van der Waals surface area contributed by atoms with Gasteiger partial charge in [0, 0.05) is 35.7 Å². The number of urea groups is 1. The number of anilines is 1. The first kappa shape index (κ1) is 18.6. The average Bonchev–Trinajstić information content (AvgIpc) is 2.74. The summed E-state index contributed by atoms with van der Waals surface area (Å²) in [7, 11) is 0. The standard InChI is InChI=1S/C24H22N4O/c1-17-14-20(11-13-25-17)19-6-8-22(9-7-19)28-24(29)26-12-10-18-15-21-4-2-3-5-23(21)27-16-18/h2-9,11,13-16H,10,12H2,1H3,(H2,26,28,29). The van der Waals surface area contributed by atoms with Crippen molar-refractivity contribution in [1.29, 1.82) is 0 Å². The van der Waals surface area contributed by atoms with Crippen molar-refractivity contribution >= 4 is 22.6 Å². The van der Waals surface area contributed by atoms with E-state index in [2.05, 4.69) is 26.7 Å². The van der Waals surface area contributed by atoms with E-state index in [1.54, 1.807) is 6.20 Å². The van der Waals surface area contributed by atoms with Gasteiger partial charge in [-0.1, -0.05) is 30.3 Å². The zero-order valence-corrected chi connectivity index (χ0v) is 16.2. The van der Waals surface area contributed by atoms with Gasteiger partial charge in [-0.05, 0) is 66.4 Å². The van der Waals surface area contributed by atoms with Crippen molar-refractivity contribution in [2.24, 2.45) is 0 Å². The van der Waals surface area contributed by atoms with Crippen molar-refractivity contribution in [1.82, 2.24) is 15.3 Å². The first-order valence-electron chi connectivity index (χ1n) is 9.59. The van der Waals surface area contributed by atoms with Gasteiger partial charge >= 0.3 is 6.03 Å². The number of benzene rings is 2. The number of aryl methyl sites for hydroxylation is 1. The number of aromatic nitrogens is 2.